The van der Waals surface area contributed by atoms with E-state index in [1.54, 1.807) is 0 Å². The lowest BCUT2D eigenvalue weighted by atomic mass is 10.1. The summed E-state index contributed by atoms with van der Waals surface area (Å²) in [5.41, 5.74) is 1.54. The molecule has 1 aliphatic heterocycles. The second kappa shape index (κ2) is 7.77. The summed E-state index contributed by atoms with van der Waals surface area (Å²) >= 11 is 1.50. The number of nitrogens with one attached hydrogen (secondary N) is 1. The van der Waals surface area contributed by atoms with Crippen molar-refractivity contribution in [2.75, 3.05) is 26.7 Å². The number of amides is 1. The lowest BCUT2D eigenvalue weighted by molar-refractivity contribution is 0.0698. The summed E-state index contributed by atoms with van der Waals surface area (Å²) in [7, 11) is 1.88. The van der Waals surface area contributed by atoms with E-state index in [2.05, 4.69) is 10.3 Å². The van der Waals surface area contributed by atoms with Crippen molar-refractivity contribution >= 4 is 17.2 Å². The molecule has 0 aliphatic carbocycles. The number of hydrogen-bond acceptors (Lipinski definition) is 5. The topological polar surface area (TPSA) is 54.5 Å². The number of rotatable bonds is 5. The minimum absolute atomic E-state index is 0.00957. The van der Waals surface area contributed by atoms with Crippen molar-refractivity contribution in [3.05, 3.63) is 35.3 Å². The zero-order valence-corrected chi connectivity index (χ0v) is 14.9. The van der Waals surface area contributed by atoms with E-state index < -0.39 is 0 Å². The Kier molecular flexibility index (Phi) is 5.48. The predicted molar refractivity (Wildman–Crippen MR) is 96.7 cm³/mol. The Labute approximate surface area is 146 Å². The van der Waals surface area contributed by atoms with Crippen LogP contribution in [0.5, 0.6) is 5.75 Å². The highest BCUT2D eigenvalue weighted by Crippen LogP contribution is 2.26. The van der Waals surface area contributed by atoms with Gasteiger partial charge in [-0.1, -0.05) is 0 Å². The minimum atomic E-state index is 0.00957. The van der Waals surface area contributed by atoms with Crippen LogP contribution in [-0.2, 0) is 0 Å². The molecule has 1 saturated heterocycles. The SMILES string of the molecule is CCOc1ccc(-c2nc(C(=O)N(C)C3CCNCC3)cs2)cc1. The van der Waals surface area contributed by atoms with Crippen molar-refractivity contribution in [3.8, 4) is 16.3 Å². The number of benzene rings is 1. The normalized spacial score (nSPS) is 15.2. The van der Waals surface area contributed by atoms with Gasteiger partial charge in [-0.05, 0) is 57.1 Å². The molecule has 1 fully saturated rings. The number of carbonyl (C=O) groups is 1. The van der Waals surface area contributed by atoms with E-state index >= 15 is 0 Å². The molecule has 0 bridgehead atoms. The Bertz CT molecular complexity index is 678. The van der Waals surface area contributed by atoms with Crippen LogP contribution < -0.4 is 10.1 Å². The zero-order valence-electron chi connectivity index (χ0n) is 14.1. The smallest absolute Gasteiger partial charge is 0.273 e. The lowest BCUT2D eigenvalue weighted by Gasteiger charge is -2.31. The first-order valence-corrected chi connectivity index (χ1v) is 9.23. The van der Waals surface area contributed by atoms with Crippen LogP contribution in [0.3, 0.4) is 0 Å². The van der Waals surface area contributed by atoms with Crippen LogP contribution in [0, 0.1) is 0 Å². The third-order valence-electron chi connectivity index (χ3n) is 4.31. The van der Waals surface area contributed by atoms with Gasteiger partial charge in [0.2, 0.25) is 0 Å². The maximum atomic E-state index is 12.7. The predicted octanol–water partition coefficient (Wildman–Crippen LogP) is 3.03. The van der Waals surface area contributed by atoms with Gasteiger partial charge in [-0.3, -0.25) is 4.79 Å². The first kappa shape index (κ1) is 16.9. The summed E-state index contributed by atoms with van der Waals surface area (Å²) in [6.07, 6.45) is 2.00. The molecule has 5 nitrogen and oxygen atoms in total. The first-order valence-electron chi connectivity index (χ1n) is 8.35. The van der Waals surface area contributed by atoms with Crippen LogP contribution in [0.2, 0.25) is 0 Å². The van der Waals surface area contributed by atoms with E-state index in [4.69, 9.17) is 4.74 Å². The summed E-state index contributed by atoms with van der Waals surface area (Å²) in [4.78, 5) is 19.0. The van der Waals surface area contributed by atoms with Gasteiger partial charge in [0.05, 0.1) is 6.61 Å². The molecule has 0 unspecified atom stereocenters. The fourth-order valence-corrected chi connectivity index (χ4v) is 3.71. The maximum absolute atomic E-state index is 12.7. The molecule has 1 aromatic heterocycles. The van der Waals surface area contributed by atoms with Crippen LogP contribution in [-0.4, -0.2) is 48.6 Å². The molecule has 0 saturated carbocycles. The summed E-state index contributed by atoms with van der Waals surface area (Å²) < 4.78 is 5.46. The van der Waals surface area contributed by atoms with Gasteiger partial charge in [-0.15, -0.1) is 11.3 Å². The Morgan fingerprint density at radius 1 is 1.33 bits per heavy atom. The number of piperidine rings is 1. The van der Waals surface area contributed by atoms with Crippen LogP contribution in [0.25, 0.3) is 10.6 Å². The number of nitrogens with zero attached hydrogens (tertiary/aromatic N) is 2. The molecule has 3 rings (SSSR count). The zero-order chi connectivity index (χ0) is 16.9. The van der Waals surface area contributed by atoms with Gasteiger partial charge >= 0.3 is 0 Å². The molecule has 6 heteroatoms. The quantitative estimate of drug-likeness (QED) is 0.905. The molecule has 1 aliphatic rings. The van der Waals surface area contributed by atoms with E-state index in [1.807, 2.05) is 48.5 Å². The summed E-state index contributed by atoms with van der Waals surface area (Å²) in [5.74, 6) is 0.857. The first-order chi connectivity index (χ1) is 11.7. The van der Waals surface area contributed by atoms with Gasteiger partial charge in [0, 0.05) is 24.0 Å². The van der Waals surface area contributed by atoms with Gasteiger partial charge in [0.1, 0.15) is 16.5 Å². The number of thiazole rings is 1. The third kappa shape index (κ3) is 3.76. The van der Waals surface area contributed by atoms with Crippen molar-refractivity contribution < 1.29 is 9.53 Å². The molecule has 0 spiro atoms. The summed E-state index contributed by atoms with van der Waals surface area (Å²) in [5, 5.41) is 6.04. The second-order valence-corrected chi connectivity index (χ2v) is 6.75. The van der Waals surface area contributed by atoms with Crippen molar-refractivity contribution in [1.82, 2.24) is 15.2 Å². The Balaban J connectivity index is 1.71. The van der Waals surface area contributed by atoms with Crippen LogP contribution in [0.4, 0.5) is 0 Å². The molecule has 24 heavy (non-hydrogen) atoms. The monoisotopic (exact) mass is 345 g/mol. The fraction of sp³-hybridized carbons (Fsp3) is 0.444. The fourth-order valence-electron chi connectivity index (χ4n) is 2.91. The highest BCUT2D eigenvalue weighted by molar-refractivity contribution is 7.13. The van der Waals surface area contributed by atoms with E-state index in [-0.39, 0.29) is 5.91 Å². The number of hydrogen-bond donors (Lipinski definition) is 1. The molecular formula is C18H23N3O2S. The number of ether oxygens (including phenoxy) is 1. The van der Waals surface area contributed by atoms with Gasteiger partial charge in [-0.25, -0.2) is 4.98 Å². The number of aromatic nitrogens is 1. The maximum Gasteiger partial charge on any atom is 0.273 e. The number of carbonyl (C=O) groups excluding carboxylic acids is 1. The molecule has 2 aromatic rings. The molecule has 1 aromatic carbocycles. The Hall–Kier alpha value is -1.92. The molecule has 1 amide bonds. The van der Waals surface area contributed by atoms with Crippen LogP contribution in [0.1, 0.15) is 30.3 Å². The average Bonchev–Trinajstić information content (AvgIpc) is 3.12. The molecule has 128 valence electrons. The molecular weight excluding hydrogens is 322 g/mol. The Morgan fingerprint density at radius 2 is 2.04 bits per heavy atom. The highest BCUT2D eigenvalue weighted by atomic mass is 32.1. The van der Waals surface area contributed by atoms with Crippen molar-refractivity contribution in [3.63, 3.8) is 0 Å². The van der Waals surface area contributed by atoms with Gasteiger partial charge < -0.3 is 15.0 Å². The van der Waals surface area contributed by atoms with E-state index in [9.17, 15) is 4.79 Å². The standard InChI is InChI=1S/C18H23N3O2S/c1-3-23-15-6-4-13(5-7-15)17-20-16(12-24-17)18(22)21(2)14-8-10-19-11-9-14/h4-7,12,14,19H,3,8-11H2,1-2H3. The van der Waals surface area contributed by atoms with Gasteiger partial charge in [-0.2, -0.15) is 0 Å². The van der Waals surface area contributed by atoms with E-state index in [0.29, 0.717) is 18.3 Å². The molecule has 0 atom stereocenters. The summed E-state index contributed by atoms with van der Waals surface area (Å²) in [6, 6.07) is 8.13. The largest absolute Gasteiger partial charge is 0.494 e. The molecule has 2 heterocycles. The third-order valence-corrected chi connectivity index (χ3v) is 5.20. The van der Waals surface area contributed by atoms with Gasteiger partial charge in [0.15, 0.2) is 0 Å². The van der Waals surface area contributed by atoms with Gasteiger partial charge in [0.25, 0.3) is 5.91 Å². The Morgan fingerprint density at radius 3 is 2.71 bits per heavy atom. The van der Waals surface area contributed by atoms with E-state index in [1.165, 1.54) is 11.3 Å². The highest BCUT2D eigenvalue weighted by Gasteiger charge is 2.24. The average molecular weight is 345 g/mol. The van der Waals surface area contributed by atoms with E-state index in [0.717, 1.165) is 42.3 Å². The van der Waals surface area contributed by atoms with Crippen molar-refractivity contribution in [1.29, 1.82) is 0 Å². The lowest BCUT2D eigenvalue weighted by Crippen LogP contribution is -2.44. The minimum Gasteiger partial charge on any atom is -0.494 e. The van der Waals surface area contributed by atoms with Crippen LogP contribution in [0.15, 0.2) is 29.6 Å². The molecule has 0 radical (unpaired) electrons. The molecule has 1 N–H and O–H groups in total. The second-order valence-electron chi connectivity index (χ2n) is 5.89. The van der Waals surface area contributed by atoms with Crippen LogP contribution >= 0.6 is 11.3 Å². The van der Waals surface area contributed by atoms with Crippen molar-refractivity contribution in [2.24, 2.45) is 0 Å². The summed E-state index contributed by atoms with van der Waals surface area (Å²) in [6.45, 7) is 4.55. The van der Waals surface area contributed by atoms with Crippen molar-refractivity contribution in [2.45, 2.75) is 25.8 Å².